The number of benzene rings is 2. The molecule has 0 spiro atoms. The van der Waals surface area contributed by atoms with Crippen LogP contribution in [0.1, 0.15) is 11.6 Å². The fraction of sp³-hybridized carbons (Fsp3) is 0.0714. The van der Waals surface area contributed by atoms with E-state index in [1.165, 1.54) is 18.2 Å². The van der Waals surface area contributed by atoms with Crippen LogP contribution in [0.3, 0.4) is 0 Å². The molecule has 3 N–H and O–H groups in total. The van der Waals surface area contributed by atoms with Crippen molar-refractivity contribution >= 4 is 34.2 Å². The van der Waals surface area contributed by atoms with Crippen LogP contribution in [0.2, 0.25) is 0 Å². The van der Waals surface area contributed by atoms with Crippen molar-refractivity contribution in [3.8, 4) is 0 Å². The smallest absolute Gasteiger partial charge is 0.245 e. The van der Waals surface area contributed by atoms with E-state index in [1.807, 2.05) is 40.8 Å². The molecule has 0 heterocycles. The van der Waals surface area contributed by atoms with Crippen LogP contribution in [0.15, 0.2) is 48.5 Å². The van der Waals surface area contributed by atoms with E-state index in [-0.39, 0.29) is 11.7 Å². The molecule has 0 aromatic heterocycles. The highest BCUT2D eigenvalue weighted by Gasteiger charge is 2.16. The van der Waals surface area contributed by atoms with Gasteiger partial charge < -0.3 is 11.1 Å². The molecular weight excluding hydrogens is 358 g/mol. The van der Waals surface area contributed by atoms with Gasteiger partial charge >= 0.3 is 0 Å². The van der Waals surface area contributed by atoms with Gasteiger partial charge in [0.05, 0.1) is 5.69 Å². The Morgan fingerprint density at radius 1 is 1.21 bits per heavy atom. The van der Waals surface area contributed by atoms with Gasteiger partial charge in [-0.3, -0.25) is 4.79 Å². The minimum atomic E-state index is -0.748. The first-order valence-corrected chi connectivity index (χ1v) is 6.72. The predicted octanol–water partition coefficient (Wildman–Crippen LogP) is 3.07. The Labute approximate surface area is 124 Å². The molecule has 0 saturated heterocycles. The van der Waals surface area contributed by atoms with E-state index in [2.05, 4.69) is 5.32 Å². The van der Waals surface area contributed by atoms with Crippen LogP contribution in [0.5, 0.6) is 0 Å². The second kappa shape index (κ2) is 6.12. The molecule has 2 rings (SSSR count). The van der Waals surface area contributed by atoms with E-state index in [4.69, 9.17) is 5.73 Å². The summed E-state index contributed by atoms with van der Waals surface area (Å²) < 4.78 is 13.6. The molecule has 0 fully saturated rings. The zero-order valence-electron chi connectivity index (χ0n) is 9.94. The molecule has 5 heteroatoms. The summed E-state index contributed by atoms with van der Waals surface area (Å²) in [6, 6.07) is 12.5. The number of nitrogens with one attached hydrogen (secondary N) is 1. The van der Waals surface area contributed by atoms with Gasteiger partial charge in [0.25, 0.3) is 0 Å². The van der Waals surface area contributed by atoms with Gasteiger partial charge in [-0.1, -0.05) is 30.3 Å². The second-order valence-corrected chi connectivity index (χ2v) is 5.16. The van der Waals surface area contributed by atoms with E-state index in [0.717, 1.165) is 5.56 Å². The van der Waals surface area contributed by atoms with Crippen molar-refractivity contribution in [1.82, 2.24) is 0 Å². The molecular formula is C14H12FIN2O. The highest BCUT2D eigenvalue weighted by atomic mass is 127. The van der Waals surface area contributed by atoms with Gasteiger partial charge in [-0.25, -0.2) is 4.39 Å². The van der Waals surface area contributed by atoms with E-state index >= 15 is 0 Å². The molecule has 0 radical (unpaired) electrons. The molecule has 0 saturated carbocycles. The average Bonchev–Trinajstić information content (AvgIpc) is 2.42. The number of anilines is 1. The van der Waals surface area contributed by atoms with E-state index in [9.17, 15) is 9.18 Å². The summed E-state index contributed by atoms with van der Waals surface area (Å²) in [7, 11) is 0. The summed E-state index contributed by atoms with van der Waals surface area (Å²) in [5.41, 5.74) is 7.17. The first kappa shape index (κ1) is 14.0. The number of halogens is 2. The Kier molecular flexibility index (Phi) is 4.49. The molecule has 0 unspecified atom stereocenters. The monoisotopic (exact) mass is 370 g/mol. The lowest BCUT2D eigenvalue weighted by Crippen LogP contribution is -2.28. The average molecular weight is 370 g/mol. The molecule has 0 aliphatic rings. The van der Waals surface area contributed by atoms with Crippen LogP contribution in [-0.2, 0) is 4.79 Å². The molecule has 98 valence electrons. The highest BCUT2D eigenvalue weighted by molar-refractivity contribution is 14.1. The van der Waals surface area contributed by atoms with Crippen LogP contribution >= 0.6 is 22.6 Å². The Morgan fingerprint density at radius 3 is 2.53 bits per heavy atom. The van der Waals surface area contributed by atoms with Crippen molar-refractivity contribution in [3.05, 3.63) is 63.5 Å². The normalized spacial score (nSPS) is 11.9. The number of rotatable bonds is 3. The summed E-state index contributed by atoms with van der Waals surface area (Å²) in [5.74, 6) is -0.662. The maximum atomic E-state index is 13.0. The summed E-state index contributed by atoms with van der Waals surface area (Å²) >= 11 is 1.96. The number of carbonyl (C=O) groups excluding carboxylic acids is 1. The van der Waals surface area contributed by atoms with Gasteiger partial charge in [0.2, 0.25) is 5.91 Å². The van der Waals surface area contributed by atoms with Crippen molar-refractivity contribution in [2.24, 2.45) is 5.73 Å². The molecule has 3 nitrogen and oxygen atoms in total. The number of nitrogens with two attached hydrogens (primary N) is 1. The van der Waals surface area contributed by atoms with Gasteiger partial charge in [0, 0.05) is 3.57 Å². The summed E-state index contributed by atoms with van der Waals surface area (Å²) in [5, 5.41) is 2.70. The number of carbonyl (C=O) groups is 1. The van der Waals surface area contributed by atoms with E-state index in [1.54, 1.807) is 12.1 Å². The first-order chi connectivity index (χ1) is 9.08. The molecule has 19 heavy (non-hydrogen) atoms. The van der Waals surface area contributed by atoms with Crippen molar-refractivity contribution in [1.29, 1.82) is 0 Å². The maximum Gasteiger partial charge on any atom is 0.245 e. The standard InChI is InChI=1S/C14H12FIN2O/c15-10-6-7-12(11(16)8-10)18-14(19)13(17)9-4-2-1-3-5-9/h1-8,13H,17H2,(H,18,19)/t13-/m0/s1. The molecule has 2 aromatic rings. The number of hydrogen-bond donors (Lipinski definition) is 2. The topological polar surface area (TPSA) is 55.1 Å². The quantitative estimate of drug-likeness (QED) is 0.816. The molecule has 0 aliphatic heterocycles. The zero-order chi connectivity index (χ0) is 13.8. The first-order valence-electron chi connectivity index (χ1n) is 5.64. The van der Waals surface area contributed by atoms with Gasteiger partial charge in [0.1, 0.15) is 11.9 Å². The number of hydrogen-bond acceptors (Lipinski definition) is 2. The minimum absolute atomic E-state index is 0.323. The van der Waals surface area contributed by atoms with Crippen molar-refractivity contribution in [3.63, 3.8) is 0 Å². The molecule has 2 aromatic carbocycles. The van der Waals surface area contributed by atoms with Gasteiger partial charge in [-0.15, -0.1) is 0 Å². The van der Waals surface area contributed by atoms with Crippen LogP contribution in [-0.4, -0.2) is 5.91 Å². The Balaban J connectivity index is 2.13. The van der Waals surface area contributed by atoms with Crippen LogP contribution < -0.4 is 11.1 Å². The number of amides is 1. The lowest BCUT2D eigenvalue weighted by Gasteiger charge is -2.13. The highest BCUT2D eigenvalue weighted by Crippen LogP contribution is 2.20. The predicted molar refractivity (Wildman–Crippen MR) is 81.1 cm³/mol. The SMILES string of the molecule is N[C@H](C(=O)Nc1ccc(F)cc1I)c1ccccc1. The van der Waals surface area contributed by atoms with Crippen molar-refractivity contribution in [2.75, 3.05) is 5.32 Å². The maximum absolute atomic E-state index is 13.0. The van der Waals surface area contributed by atoms with Gasteiger partial charge in [0.15, 0.2) is 0 Å². The molecule has 1 amide bonds. The lowest BCUT2D eigenvalue weighted by molar-refractivity contribution is -0.117. The second-order valence-electron chi connectivity index (χ2n) is 4.00. The van der Waals surface area contributed by atoms with E-state index in [0.29, 0.717) is 9.26 Å². The summed E-state index contributed by atoms with van der Waals surface area (Å²) in [6.45, 7) is 0. The third kappa shape index (κ3) is 3.51. The zero-order valence-corrected chi connectivity index (χ0v) is 12.1. The van der Waals surface area contributed by atoms with Gasteiger partial charge in [-0.05, 0) is 46.4 Å². The van der Waals surface area contributed by atoms with Crippen LogP contribution in [0.4, 0.5) is 10.1 Å². The Bertz CT molecular complexity index is 589. The van der Waals surface area contributed by atoms with Crippen LogP contribution in [0, 0.1) is 9.39 Å². The van der Waals surface area contributed by atoms with E-state index < -0.39 is 6.04 Å². The molecule has 0 aliphatic carbocycles. The minimum Gasteiger partial charge on any atom is -0.323 e. The fourth-order valence-corrected chi connectivity index (χ4v) is 2.23. The summed E-state index contributed by atoms with van der Waals surface area (Å²) in [4.78, 5) is 12.0. The van der Waals surface area contributed by atoms with Crippen molar-refractivity contribution < 1.29 is 9.18 Å². The van der Waals surface area contributed by atoms with Crippen molar-refractivity contribution in [2.45, 2.75) is 6.04 Å². The third-order valence-corrected chi connectivity index (χ3v) is 3.52. The fourth-order valence-electron chi connectivity index (χ4n) is 1.61. The largest absolute Gasteiger partial charge is 0.323 e. The van der Waals surface area contributed by atoms with Gasteiger partial charge in [-0.2, -0.15) is 0 Å². The third-order valence-electron chi connectivity index (χ3n) is 2.63. The Hall–Kier alpha value is -1.47. The molecule has 1 atom stereocenters. The molecule has 0 bridgehead atoms. The lowest BCUT2D eigenvalue weighted by atomic mass is 10.1. The Morgan fingerprint density at radius 2 is 1.89 bits per heavy atom. The van der Waals surface area contributed by atoms with Crippen LogP contribution in [0.25, 0.3) is 0 Å². The summed E-state index contributed by atoms with van der Waals surface area (Å²) in [6.07, 6.45) is 0.